The minimum Gasteiger partial charge on any atom is -0.369 e. The molecule has 4 heteroatoms. The Labute approximate surface area is 143 Å². The lowest BCUT2D eigenvalue weighted by atomic mass is 10.00. The Balaban J connectivity index is 1.85. The molecule has 0 spiro atoms. The van der Waals surface area contributed by atoms with E-state index in [0.29, 0.717) is 10.8 Å². The van der Waals surface area contributed by atoms with Crippen LogP contribution in [0.2, 0.25) is 5.02 Å². The molecule has 4 rings (SSSR count). The van der Waals surface area contributed by atoms with Crippen molar-refractivity contribution in [3.8, 4) is 0 Å². The second-order valence-corrected chi connectivity index (χ2v) is 7.05. The van der Waals surface area contributed by atoms with Gasteiger partial charge < -0.3 is 5.32 Å². The van der Waals surface area contributed by atoms with E-state index in [-0.39, 0.29) is 11.2 Å². The van der Waals surface area contributed by atoms with Gasteiger partial charge in [-0.05, 0) is 29.1 Å². The summed E-state index contributed by atoms with van der Waals surface area (Å²) in [5, 5.41) is 6.43. The summed E-state index contributed by atoms with van der Waals surface area (Å²) in [6, 6.07) is 19.8. The predicted octanol–water partition coefficient (Wildman–Crippen LogP) is 5.53. The number of rotatable bonds is 1. The minimum atomic E-state index is 0.0233. The Hall–Kier alpha value is -1.97. The summed E-state index contributed by atoms with van der Waals surface area (Å²) in [5.74, 6) is 0.627. The second kappa shape index (κ2) is 5.91. The Morgan fingerprint density at radius 2 is 1.74 bits per heavy atom. The van der Waals surface area contributed by atoms with Gasteiger partial charge >= 0.3 is 0 Å². The molecule has 3 aromatic carbocycles. The topological polar surface area (TPSA) is 29.1 Å². The van der Waals surface area contributed by atoms with E-state index in [1.165, 1.54) is 0 Å². The van der Waals surface area contributed by atoms with Crippen molar-refractivity contribution in [1.82, 2.24) is 0 Å². The van der Waals surface area contributed by atoms with Crippen molar-refractivity contribution in [3.63, 3.8) is 0 Å². The maximum Gasteiger partial charge on any atom is 0.173 e. The Morgan fingerprint density at radius 1 is 1.00 bits per heavy atom. The molecule has 1 atom stereocenters. The molecule has 1 aliphatic rings. The Morgan fingerprint density at radius 3 is 2.52 bits per heavy atom. The summed E-state index contributed by atoms with van der Waals surface area (Å²) >= 11 is 7.59. The molecule has 0 saturated heterocycles. The van der Waals surface area contributed by atoms with Gasteiger partial charge in [-0.1, -0.05) is 54.1 Å². The lowest BCUT2D eigenvalue weighted by molar-refractivity contribution is 0.102. The van der Waals surface area contributed by atoms with Crippen LogP contribution in [0.5, 0.6) is 0 Å². The highest BCUT2D eigenvalue weighted by atomic mass is 35.5. The first-order valence-electron chi connectivity index (χ1n) is 7.41. The van der Waals surface area contributed by atoms with Crippen LogP contribution in [0.3, 0.4) is 0 Å². The van der Waals surface area contributed by atoms with Gasteiger partial charge in [-0.3, -0.25) is 4.79 Å². The van der Waals surface area contributed by atoms with E-state index >= 15 is 0 Å². The third-order valence-corrected chi connectivity index (χ3v) is 5.45. The average molecular weight is 340 g/mol. The molecule has 2 nitrogen and oxygen atoms in total. The van der Waals surface area contributed by atoms with Crippen LogP contribution in [-0.2, 0) is 0 Å². The standard InChI is InChI=1S/C19H14ClNOS/c20-14-9-7-13(8-10-14)19-21-16-6-2-4-12-3-1-5-15(18(12)16)17(22)11-23-19/h1-10,19,21H,11H2. The van der Waals surface area contributed by atoms with Crippen molar-refractivity contribution >= 4 is 45.6 Å². The molecule has 0 radical (unpaired) electrons. The summed E-state index contributed by atoms with van der Waals surface area (Å²) in [4.78, 5) is 12.6. The maximum absolute atomic E-state index is 12.6. The first kappa shape index (κ1) is 14.6. The maximum atomic E-state index is 12.6. The number of Topliss-reactive ketones (excluding diaryl/α,β-unsaturated/α-hetero) is 1. The monoisotopic (exact) mass is 339 g/mol. The quantitative estimate of drug-likeness (QED) is 0.631. The van der Waals surface area contributed by atoms with E-state index in [2.05, 4.69) is 5.32 Å². The van der Waals surface area contributed by atoms with E-state index in [0.717, 1.165) is 27.6 Å². The van der Waals surface area contributed by atoms with Gasteiger partial charge in [0.1, 0.15) is 0 Å². The normalized spacial score (nSPS) is 17.4. The summed E-state index contributed by atoms with van der Waals surface area (Å²) in [5.41, 5.74) is 2.91. The highest BCUT2D eigenvalue weighted by Crippen LogP contribution is 2.38. The van der Waals surface area contributed by atoms with Crippen molar-refractivity contribution < 1.29 is 4.79 Å². The minimum absolute atomic E-state index is 0.0233. The molecule has 1 heterocycles. The van der Waals surface area contributed by atoms with Crippen LogP contribution in [0.15, 0.2) is 60.7 Å². The van der Waals surface area contributed by atoms with Crippen LogP contribution in [-0.4, -0.2) is 11.5 Å². The van der Waals surface area contributed by atoms with E-state index in [1.54, 1.807) is 11.8 Å². The molecular weight excluding hydrogens is 326 g/mol. The number of halogens is 1. The SMILES string of the molecule is O=C1CSC(c2ccc(Cl)cc2)Nc2cccc3cccc1c23. The molecule has 0 fully saturated rings. The zero-order chi connectivity index (χ0) is 15.8. The van der Waals surface area contributed by atoms with Crippen molar-refractivity contribution in [1.29, 1.82) is 0 Å². The average Bonchev–Trinajstić information content (AvgIpc) is 2.57. The lowest BCUT2D eigenvalue weighted by Crippen LogP contribution is -2.15. The van der Waals surface area contributed by atoms with Crippen LogP contribution in [0.25, 0.3) is 10.8 Å². The van der Waals surface area contributed by atoms with Gasteiger partial charge in [0.25, 0.3) is 0 Å². The highest BCUT2D eigenvalue weighted by molar-refractivity contribution is 8.00. The molecule has 0 bridgehead atoms. The number of nitrogens with one attached hydrogen (secondary N) is 1. The van der Waals surface area contributed by atoms with Crippen molar-refractivity contribution in [3.05, 3.63) is 76.8 Å². The summed E-state index contributed by atoms with van der Waals surface area (Å²) in [6.45, 7) is 0. The van der Waals surface area contributed by atoms with Gasteiger partial charge in [0, 0.05) is 21.7 Å². The van der Waals surface area contributed by atoms with Crippen molar-refractivity contribution in [2.75, 3.05) is 11.1 Å². The molecule has 1 aliphatic heterocycles. The van der Waals surface area contributed by atoms with E-state index in [4.69, 9.17) is 11.6 Å². The van der Waals surface area contributed by atoms with Crippen LogP contribution >= 0.6 is 23.4 Å². The van der Waals surface area contributed by atoms with E-state index in [1.807, 2.05) is 60.7 Å². The molecule has 0 amide bonds. The number of carbonyl (C=O) groups excluding carboxylic acids is 1. The van der Waals surface area contributed by atoms with Crippen LogP contribution in [0, 0.1) is 0 Å². The number of benzene rings is 3. The fraction of sp³-hybridized carbons (Fsp3) is 0.105. The van der Waals surface area contributed by atoms with Gasteiger partial charge in [0.2, 0.25) is 0 Å². The highest BCUT2D eigenvalue weighted by Gasteiger charge is 2.21. The number of hydrogen-bond acceptors (Lipinski definition) is 3. The molecule has 23 heavy (non-hydrogen) atoms. The Bertz CT molecular complexity index is 886. The zero-order valence-corrected chi connectivity index (χ0v) is 13.8. The smallest absolute Gasteiger partial charge is 0.173 e. The molecule has 0 saturated carbocycles. The van der Waals surface area contributed by atoms with Crippen LogP contribution in [0.1, 0.15) is 21.3 Å². The zero-order valence-electron chi connectivity index (χ0n) is 12.3. The Kier molecular flexibility index (Phi) is 3.76. The molecule has 0 aromatic heterocycles. The summed E-state index contributed by atoms with van der Waals surface area (Å²) < 4.78 is 0. The number of ketones is 1. The van der Waals surface area contributed by atoms with Gasteiger partial charge in [-0.25, -0.2) is 0 Å². The van der Waals surface area contributed by atoms with Crippen molar-refractivity contribution in [2.24, 2.45) is 0 Å². The number of hydrogen-bond donors (Lipinski definition) is 1. The van der Waals surface area contributed by atoms with Gasteiger partial charge in [0.05, 0.1) is 11.1 Å². The summed E-state index contributed by atoms with van der Waals surface area (Å²) in [6.07, 6.45) is 0. The first-order chi connectivity index (χ1) is 11.2. The second-order valence-electron chi connectivity index (χ2n) is 5.52. The molecule has 114 valence electrons. The molecule has 1 N–H and O–H groups in total. The molecule has 1 unspecified atom stereocenters. The van der Waals surface area contributed by atoms with Crippen LogP contribution < -0.4 is 5.32 Å². The molecular formula is C19H14ClNOS. The van der Waals surface area contributed by atoms with Gasteiger partial charge in [-0.15, -0.1) is 11.8 Å². The lowest BCUT2D eigenvalue weighted by Gasteiger charge is -2.24. The van der Waals surface area contributed by atoms with Gasteiger partial charge in [-0.2, -0.15) is 0 Å². The van der Waals surface area contributed by atoms with Crippen molar-refractivity contribution in [2.45, 2.75) is 5.37 Å². The fourth-order valence-corrected chi connectivity index (χ4v) is 4.09. The predicted molar refractivity (Wildman–Crippen MR) is 98.6 cm³/mol. The van der Waals surface area contributed by atoms with E-state index in [9.17, 15) is 4.79 Å². The third-order valence-electron chi connectivity index (χ3n) is 4.05. The van der Waals surface area contributed by atoms with Crippen LogP contribution in [0.4, 0.5) is 5.69 Å². The van der Waals surface area contributed by atoms with E-state index < -0.39 is 0 Å². The number of carbonyl (C=O) groups is 1. The molecule has 0 aliphatic carbocycles. The third kappa shape index (κ3) is 2.71. The first-order valence-corrected chi connectivity index (χ1v) is 8.83. The number of thioether (sulfide) groups is 1. The number of anilines is 1. The fourth-order valence-electron chi connectivity index (χ4n) is 2.93. The summed E-state index contributed by atoms with van der Waals surface area (Å²) in [7, 11) is 0. The van der Waals surface area contributed by atoms with Gasteiger partial charge in [0.15, 0.2) is 5.78 Å². The largest absolute Gasteiger partial charge is 0.369 e. The molecule has 3 aromatic rings.